The van der Waals surface area contributed by atoms with Gasteiger partial charge in [-0.25, -0.2) is 0 Å². The van der Waals surface area contributed by atoms with E-state index >= 15 is 0 Å². The van der Waals surface area contributed by atoms with Gasteiger partial charge in [0.05, 0.1) is 0 Å². The summed E-state index contributed by atoms with van der Waals surface area (Å²) in [6, 6.07) is -0.0465. The van der Waals surface area contributed by atoms with Gasteiger partial charge in [-0.3, -0.25) is 9.59 Å². The average Bonchev–Trinajstić information content (AvgIpc) is 2.13. The minimum absolute atomic E-state index is 0.0465. The fraction of sp³-hybridized carbons (Fsp3) is 0.600. The van der Waals surface area contributed by atoms with Crippen molar-refractivity contribution in [1.29, 1.82) is 0 Å². The second-order valence-corrected chi connectivity index (χ2v) is 3.12. The molecule has 0 aliphatic carbocycles. The smallest absolute Gasteiger partial charge is 0.323 e. The molecule has 0 saturated carbocycles. The zero-order valence-corrected chi connectivity index (χ0v) is 8.86. The number of carbonyl (C=O) groups is 2. The van der Waals surface area contributed by atoms with E-state index in [1.54, 1.807) is 13.0 Å². The first-order valence-corrected chi connectivity index (χ1v) is 4.68. The molecule has 0 rings (SSSR count). The second-order valence-electron chi connectivity index (χ2n) is 3.12. The average molecular weight is 199 g/mol. The molecule has 80 valence electrons. The van der Waals surface area contributed by atoms with Crippen molar-refractivity contribution in [3.8, 4) is 0 Å². The predicted octanol–water partition coefficient (Wildman–Crippen LogP) is 1.27. The maximum absolute atomic E-state index is 11.5. The van der Waals surface area contributed by atoms with Crippen LogP contribution in [-0.4, -0.2) is 34.5 Å². The molecule has 1 amide bonds. The van der Waals surface area contributed by atoms with E-state index in [-0.39, 0.29) is 18.5 Å². The lowest BCUT2D eigenvalue weighted by Crippen LogP contribution is -2.40. The van der Waals surface area contributed by atoms with Crippen molar-refractivity contribution >= 4 is 11.9 Å². The summed E-state index contributed by atoms with van der Waals surface area (Å²) in [6.45, 7) is 5.25. The summed E-state index contributed by atoms with van der Waals surface area (Å²) in [6.07, 6.45) is 3.74. The highest BCUT2D eigenvalue weighted by molar-refractivity contribution is 5.90. The van der Waals surface area contributed by atoms with Gasteiger partial charge in [0.15, 0.2) is 0 Å². The normalized spacial score (nSPS) is 12.8. The zero-order valence-electron chi connectivity index (χ0n) is 8.86. The number of hydrogen-bond acceptors (Lipinski definition) is 2. The molecule has 0 aliphatic heterocycles. The van der Waals surface area contributed by atoms with E-state index < -0.39 is 5.97 Å². The molecule has 1 unspecified atom stereocenters. The molecule has 0 aromatic carbocycles. The lowest BCUT2D eigenvalue weighted by atomic mass is 10.2. The fourth-order valence-electron chi connectivity index (χ4n) is 1.06. The molecule has 1 N–H and O–H groups in total. The predicted molar refractivity (Wildman–Crippen MR) is 53.9 cm³/mol. The van der Waals surface area contributed by atoms with Gasteiger partial charge in [0.1, 0.15) is 6.54 Å². The van der Waals surface area contributed by atoms with Gasteiger partial charge in [0.25, 0.3) is 0 Å². The number of carbonyl (C=O) groups excluding carboxylic acids is 1. The van der Waals surface area contributed by atoms with Crippen LogP contribution in [0.1, 0.15) is 27.2 Å². The number of nitrogens with zero attached hydrogens (tertiary/aromatic N) is 1. The van der Waals surface area contributed by atoms with Crippen molar-refractivity contribution in [3.05, 3.63) is 12.2 Å². The molecule has 0 saturated heterocycles. The Balaban J connectivity index is 4.53. The van der Waals surface area contributed by atoms with E-state index in [9.17, 15) is 9.59 Å². The lowest BCUT2D eigenvalue weighted by Gasteiger charge is -2.25. The number of allylic oxidation sites excluding steroid dienone is 1. The van der Waals surface area contributed by atoms with Crippen molar-refractivity contribution < 1.29 is 14.7 Å². The van der Waals surface area contributed by atoms with Crippen LogP contribution in [0.5, 0.6) is 0 Å². The quantitative estimate of drug-likeness (QED) is 0.678. The zero-order chi connectivity index (χ0) is 11.1. The summed E-state index contributed by atoms with van der Waals surface area (Å²) < 4.78 is 0. The molecule has 0 heterocycles. The van der Waals surface area contributed by atoms with Crippen molar-refractivity contribution in [1.82, 2.24) is 4.90 Å². The van der Waals surface area contributed by atoms with Crippen LogP contribution in [0.25, 0.3) is 0 Å². The Kier molecular flexibility index (Phi) is 5.60. The molecule has 1 atom stereocenters. The minimum Gasteiger partial charge on any atom is -0.480 e. The number of rotatable bonds is 5. The standard InChI is InChI=1S/C10H17NO3/c1-4-6-9(12)11(7-10(13)14)8(3)5-2/h4,6,8H,5,7H2,1-3H3,(H,13,14). The molecule has 4 nitrogen and oxygen atoms in total. The van der Waals surface area contributed by atoms with Crippen LogP contribution in [0.15, 0.2) is 12.2 Å². The molecule has 0 radical (unpaired) electrons. The third kappa shape index (κ3) is 4.07. The molecule has 0 fully saturated rings. The van der Waals surface area contributed by atoms with Crippen LogP contribution >= 0.6 is 0 Å². The molecular weight excluding hydrogens is 182 g/mol. The van der Waals surface area contributed by atoms with E-state index in [1.165, 1.54) is 11.0 Å². The molecule has 14 heavy (non-hydrogen) atoms. The highest BCUT2D eigenvalue weighted by atomic mass is 16.4. The highest BCUT2D eigenvalue weighted by Gasteiger charge is 2.18. The Labute approximate surface area is 84.2 Å². The Hall–Kier alpha value is -1.32. The van der Waals surface area contributed by atoms with Crippen LogP contribution < -0.4 is 0 Å². The van der Waals surface area contributed by atoms with Crippen molar-refractivity contribution in [2.24, 2.45) is 0 Å². The second kappa shape index (κ2) is 6.18. The van der Waals surface area contributed by atoms with Gasteiger partial charge >= 0.3 is 5.97 Å². The minimum atomic E-state index is -0.983. The van der Waals surface area contributed by atoms with Gasteiger partial charge in [0, 0.05) is 6.04 Å². The van der Waals surface area contributed by atoms with Gasteiger partial charge in [-0.05, 0) is 26.3 Å². The van der Waals surface area contributed by atoms with Crippen molar-refractivity contribution in [3.63, 3.8) is 0 Å². The molecule has 0 bridgehead atoms. The highest BCUT2D eigenvalue weighted by Crippen LogP contribution is 2.04. The first-order valence-electron chi connectivity index (χ1n) is 4.68. The van der Waals surface area contributed by atoms with Crippen LogP contribution in [0, 0.1) is 0 Å². The third-order valence-corrected chi connectivity index (χ3v) is 2.02. The Bertz CT molecular complexity index is 236. The monoisotopic (exact) mass is 199 g/mol. The van der Waals surface area contributed by atoms with E-state index in [0.717, 1.165) is 6.42 Å². The van der Waals surface area contributed by atoms with E-state index in [1.807, 2.05) is 13.8 Å². The first kappa shape index (κ1) is 12.7. The summed E-state index contributed by atoms with van der Waals surface area (Å²) in [5.74, 6) is -1.23. The maximum Gasteiger partial charge on any atom is 0.323 e. The largest absolute Gasteiger partial charge is 0.480 e. The number of carboxylic acid groups (broad SMARTS) is 1. The van der Waals surface area contributed by atoms with Gasteiger partial charge in [-0.2, -0.15) is 0 Å². The van der Waals surface area contributed by atoms with E-state index in [2.05, 4.69) is 0 Å². The molecule has 4 heteroatoms. The van der Waals surface area contributed by atoms with Crippen molar-refractivity contribution in [2.45, 2.75) is 33.2 Å². The summed E-state index contributed by atoms with van der Waals surface area (Å²) in [4.78, 5) is 23.3. The fourth-order valence-corrected chi connectivity index (χ4v) is 1.06. The van der Waals surface area contributed by atoms with Crippen LogP contribution in [0.3, 0.4) is 0 Å². The van der Waals surface area contributed by atoms with Crippen molar-refractivity contribution in [2.75, 3.05) is 6.54 Å². The van der Waals surface area contributed by atoms with E-state index in [0.29, 0.717) is 0 Å². The Morgan fingerprint density at radius 2 is 2.07 bits per heavy atom. The first-order chi connectivity index (χ1) is 6.52. The number of hydrogen-bond donors (Lipinski definition) is 1. The Morgan fingerprint density at radius 1 is 1.50 bits per heavy atom. The molecule has 0 aromatic heterocycles. The number of amides is 1. The van der Waals surface area contributed by atoms with Gasteiger partial charge in [-0.15, -0.1) is 0 Å². The van der Waals surface area contributed by atoms with Gasteiger partial charge in [0.2, 0.25) is 5.91 Å². The maximum atomic E-state index is 11.5. The lowest BCUT2D eigenvalue weighted by molar-refractivity contribution is -0.144. The van der Waals surface area contributed by atoms with Gasteiger partial charge < -0.3 is 10.0 Å². The molecule has 0 spiro atoms. The topological polar surface area (TPSA) is 57.6 Å². The van der Waals surface area contributed by atoms with Crippen LogP contribution in [0.4, 0.5) is 0 Å². The summed E-state index contributed by atoms with van der Waals surface area (Å²) in [7, 11) is 0. The Morgan fingerprint density at radius 3 is 2.43 bits per heavy atom. The van der Waals surface area contributed by atoms with Crippen LogP contribution in [-0.2, 0) is 9.59 Å². The molecule has 0 aliphatic rings. The number of aliphatic carboxylic acids is 1. The van der Waals surface area contributed by atoms with Crippen LogP contribution in [0.2, 0.25) is 0 Å². The van der Waals surface area contributed by atoms with E-state index in [4.69, 9.17) is 5.11 Å². The summed E-state index contributed by atoms with van der Waals surface area (Å²) in [5.41, 5.74) is 0. The molecule has 0 aromatic rings. The summed E-state index contributed by atoms with van der Waals surface area (Å²) in [5, 5.41) is 8.63. The molecular formula is C10H17NO3. The summed E-state index contributed by atoms with van der Waals surface area (Å²) >= 11 is 0. The number of carboxylic acids is 1. The SMILES string of the molecule is CC=CC(=O)N(CC(=O)O)C(C)CC. The van der Waals surface area contributed by atoms with Gasteiger partial charge in [-0.1, -0.05) is 13.0 Å². The third-order valence-electron chi connectivity index (χ3n) is 2.02.